The van der Waals surface area contributed by atoms with Gasteiger partial charge in [0.1, 0.15) is 0 Å². The number of carbonyl (C=O) groups is 1. The third-order valence-electron chi connectivity index (χ3n) is 3.31. The van der Waals surface area contributed by atoms with Gasteiger partial charge in [-0.3, -0.25) is 14.7 Å². The minimum absolute atomic E-state index is 0.203. The van der Waals surface area contributed by atoms with Crippen molar-refractivity contribution in [3.8, 4) is 0 Å². The summed E-state index contributed by atoms with van der Waals surface area (Å²) in [6.07, 6.45) is 2.96. The maximum Gasteiger partial charge on any atom is 0.219 e. The van der Waals surface area contributed by atoms with Crippen molar-refractivity contribution >= 4 is 17.2 Å². The van der Waals surface area contributed by atoms with E-state index in [0.717, 1.165) is 32.6 Å². The summed E-state index contributed by atoms with van der Waals surface area (Å²) >= 11 is 1.70. The maximum atomic E-state index is 11.5. The molecule has 0 saturated carbocycles. The van der Waals surface area contributed by atoms with Crippen LogP contribution in [0.25, 0.3) is 0 Å². The number of hydrogen-bond acceptors (Lipinski definition) is 4. The minimum Gasteiger partial charge on any atom is -0.337 e. The van der Waals surface area contributed by atoms with Crippen molar-refractivity contribution in [1.82, 2.24) is 14.8 Å². The first-order valence-electron chi connectivity index (χ1n) is 6.07. The molecule has 1 fully saturated rings. The van der Waals surface area contributed by atoms with E-state index in [4.69, 9.17) is 0 Å². The van der Waals surface area contributed by atoms with E-state index in [2.05, 4.69) is 16.8 Å². The zero-order valence-corrected chi connectivity index (χ0v) is 11.2. The van der Waals surface area contributed by atoms with Crippen LogP contribution in [0.4, 0.5) is 0 Å². The van der Waals surface area contributed by atoms with Crippen molar-refractivity contribution in [3.63, 3.8) is 0 Å². The van der Waals surface area contributed by atoms with Gasteiger partial charge in [-0.15, -0.1) is 11.3 Å². The topological polar surface area (TPSA) is 36.4 Å². The Morgan fingerprint density at radius 1 is 1.59 bits per heavy atom. The molecule has 1 aromatic rings. The molecule has 1 unspecified atom stereocenters. The Labute approximate surface area is 106 Å². The SMILES string of the molecule is CCC1CN(Cc2cncs2)CCN1C(C)=O. The van der Waals surface area contributed by atoms with Crippen LogP contribution in [-0.4, -0.2) is 46.4 Å². The number of amides is 1. The molecule has 0 spiro atoms. The standard InChI is InChI=1S/C12H19N3OS/c1-3-11-7-14(4-5-15(11)10(2)16)8-12-6-13-9-17-12/h6,9,11H,3-5,7-8H2,1-2H3. The van der Waals surface area contributed by atoms with Gasteiger partial charge < -0.3 is 4.90 Å². The van der Waals surface area contributed by atoms with Gasteiger partial charge in [0.15, 0.2) is 0 Å². The molecule has 94 valence electrons. The summed E-state index contributed by atoms with van der Waals surface area (Å²) in [5.41, 5.74) is 1.87. The molecule has 1 aliphatic rings. The summed E-state index contributed by atoms with van der Waals surface area (Å²) < 4.78 is 0. The molecule has 1 amide bonds. The summed E-state index contributed by atoms with van der Waals surface area (Å²) in [5, 5.41) is 0. The smallest absolute Gasteiger partial charge is 0.219 e. The van der Waals surface area contributed by atoms with Crippen molar-refractivity contribution in [2.45, 2.75) is 32.9 Å². The zero-order chi connectivity index (χ0) is 12.3. The fourth-order valence-electron chi connectivity index (χ4n) is 2.37. The second kappa shape index (κ2) is 5.60. The lowest BCUT2D eigenvalue weighted by Gasteiger charge is -2.40. The average Bonchev–Trinajstić information content (AvgIpc) is 2.81. The molecule has 4 nitrogen and oxygen atoms in total. The van der Waals surface area contributed by atoms with E-state index in [-0.39, 0.29) is 5.91 Å². The van der Waals surface area contributed by atoms with E-state index in [0.29, 0.717) is 6.04 Å². The molecular formula is C12H19N3OS. The predicted octanol–water partition coefficient (Wildman–Crippen LogP) is 1.59. The number of piperazine rings is 1. The Morgan fingerprint density at radius 2 is 2.41 bits per heavy atom. The molecule has 1 atom stereocenters. The van der Waals surface area contributed by atoms with Gasteiger partial charge in [0.2, 0.25) is 5.91 Å². The molecular weight excluding hydrogens is 234 g/mol. The maximum absolute atomic E-state index is 11.5. The Balaban J connectivity index is 1.94. The normalized spacial score (nSPS) is 21.8. The number of aromatic nitrogens is 1. The second-order valence-electron chi connectivity index (χ2n) is 4.48. The highest BCUT2D eigenvalue weighted by Crippen LogP contribution is 2.17. The van der Waals surface area contributed by atoms with Gasteiger partial charge in [-0.1, -0.05) is 6.92 Å². The molecule has 5 heteroatoms. The predicted molar refractivity (Wildman–Crippen MR) is 68.9 cm³/mol. The Bertz CT molecular complexity index is 366. The van der Waals surface area contributed by atoms with Crippen molar-refractivity contribution in [2.24, 2.45) is 0 Å². The lowest BCUT2D eigenvalue weighted by Crippen LogP contribution is -2.53. The highest BCUT2D eigenvalue weighted by molar-refractivity contribution is 7.09. The quantitative estimate of drug-likeness (QED) is 0.820. The summed E-state index contributed by atoms with van der Waals surface area (Å²) in [4.78, 5) is 21.3. The molecule has 2 heterocycles. The lowest BCUT2D eigenvalue weighted by atomic mass is 10.1. The molecule has 2 rings (SSSR count). The van der Waals surface area contributed by atoms with E-state index >= 15 is 0 Å². The van der Waals surface area contributed by atoms with Crippen LogP contribution >= 0.6 is 11.3 Å². The van der Waals surface area contributed by atoms with Crippen LogP contribution in [0.2, 0.25) is 0 Å². The molecule has 1 aromatic heterocycles. The average molecular weight is 253 g/mol. The first-order valence-corrected chi connectivity index (χ1v) is 6.95. The van der Waals surface area contributed by atoms with Crippen LogP contribution < -0.4 is 0 Å². The number of nitrogens with zero attached hydrogens (tertiary/aromatic N) is 3. The summed E-state index contributed by atoms with van der Waals surface area (Å²) in [5.74, 6) is 0.203. The van der Waals surface area contributed by atoms with Crippen LogP contribution in [0.3, 0.4) is 0 Å². The van der Waals surface area contributed by atoms with Crippen LogP contribution in [0, 0.1) is 0 Å². The van der Waals surface area contributed by atoms with Crippen molar-refractivity contribution < 1.29 is 4.79 Å². The van der Waals surface area contributed by atoms with E-state index in [1.165, 1.54) is 4.88 Å². The fourth-order valence-corrected chi connectivity index (χ4v) is 3.00. The zero-order valence-electron chi connectivity index (χ0n) is 10.4. The molecule has 0 aliphatic carbocycles. The molecule has 0 radical (unpaired) electrons. The first-order chi connectivity index (χ1) is 8.20. The van der Waals surface area contributed by atoms with Gasteiger partial charge in [-0.05, 0) is 6.42 Å². The van der Waals surface area contributed by atoms with Gasteiger partial charge in [-0.25, -0.2) is 0 Å². The van der Waals surface area contributed by atoms with Crippen LogP contribution in [0.15, 0.2) is 11.7 Å². The molecule has 0 N–H and O–H groups in total. The van der Waals surface area contributed by atoms with Gasteiger partial charge in [0, 0.05) is 50.2 Å². The first kappa shape index (κ1) is 12.5. The summed E-state index contributed by atoms with van der Waals surface area (Å²) in [6.45, 7) is 7.58. The highest BCUT2D eigenvalue weighted by Gasteiger charge is 2.27. The van der Waals surface area contributed by atoms with Crippen LogP contribution in [0.1, 0.15) is 25.1 Å². The van der Waals surface area contributed by atoms with E-state index in [9.17, 15) is 4.79 Å². The minimum atomic E-state index is 0.203. The number of hydrogen-bond donors (Lipinski definition) is 0. The molecule has 0 aromatic carbocycles. The fraction of sp³-hybridized carbons (Fsp3) is 0.667. The van der Waals surface area contributed by atoms with Gasteiger partial charge in [0.05, 0.1) is 5.51 Å². The van der Waals surface area contributed by atoms with Crippen molar-refractivity contribution in [1.29, 1.82) is 0 Å². The number of thiazole rings is 1. The molecule has 0 bridgehead atoms. The highest BCUT2D eigenvalue weighted by atomic mass is 32.1. The van der Waals surface area contributed by atoms with Crippen molar-refractivity contribution in [3.05, 3.63) is 16.6 Å². The third kappa shape index (κ3) is 3.04. The van der Waals surface area contributed by atoms with Crippen molar-refractivity contribution in [2.75, 3.05) is 19.6 Å². The van der Waals surface area contributed by atoms with Crippen LogP contribution in [0.5, 0.6) is 0 Å². The van der Waals surface area contributed by atoms with E-state index in [1.54, 1.807) is 18.3 Å². The van der Waals surface area contributed by atoms with Gasteiger partial charge >= 0.3 is 0 Å². The van der Waals surface area contributed by atoms with E-state index < -0.39 is 0 Å². The Morgan fingerprint density at radius 3 is 3.00 bits per heavy atom. The largest absolute Gasteiger partial charge is 0.337 e. The molecule has 17 heavy (non-hydrogen) atoms. The summed E-state index contributed by atoms with van der Waals surface area (Å²) in [6, 6.07) is 0.370. The Kier molecular flexibility index (Phi) is 4.12. The number of rotatable bonds is 3. The Hall–Kier alpha value is -0.940. The third-order valence-corrected chi connectivity index (χ3v) is 4.07. The van der Waals surface area contributed by atoms with E-state index in [1.807, 2.05) is 16.6 Å². The molecule has 1 saturated heterocycles. The monoisotopic (exact) mass is 253 g/mol. The van der Waals surface area contributed by atoms with Gasteiger partial charge in [-0.2, -0.15) is 0 Å². The van der Waals surface area contributed by atoms with Gasteiger partial charge in [0.25, 0.3) is 0 Å². The second-order valence-corrected chi connectivity index (χ2v) is 5.45. The lowest BCUT2D eigenvalue weighted by molar-refractivity contribution is -0.133. The number of carbonyl (C=O) groups excluding carboxylic acids is 1. The summed E-state index contributed by atoms with van der Waals surface area (Å²) in [7, 11) is 0. The van der Waals surface area contributed by atoms with Crippen LogP contribution in [-0.2, 0) is 11.3 Å². The molecule has 1 aliphatic heterocycles.